The lowest BCUT2D eigenvalue weighted by molar-refractivity contribution is -0.137. The van der Waals surface area contributed by atoms with Crippen LogP contribution in [0.25, 0.3) is 32.1 Å². The molecule has 0 bridgehead atoms. The van der Waals surface area contributed by atoms with Crippen molar-refractivity contribution in [2.45, 2.75) is 44.1 Å². The molecule has 2 aromatic carbocycles. The van der Waals surface area contributed by atoms with Gasteiger partial charge in [-0.3, -0.25) is 9.69 Å². The number of fused-ring (bicyclic) bond motifs is 2. The number of alkyl halides is 3. The molecule has 50 heavy (non-hydrogen) atoms. The summed E-state index contributed by atoms with van der Waals surface area (Å²) in [5.74, 6) is -2.62. The Kier molecular flexibility index (Phi) is 9.59. The molecule has 0 aliphatic carbocycles. The first-order valence-corrected chi connectivity index (χ1v) is 16.6. The van der Waals surface area contributed by atoms with Crippen molar-refractivity contribution in [3.63, 3.8) is 0 Å². The molecule has 2 fully saturated rings. The quantitative estimate of drug-likeness (QED) is 0.154. The van der Waals surface area contributed by atoms with Gasteiger partial charge in [-0.2, -0.15) is 28.4 Å². The molecule has 4 atom stereocenters. The van der Waals surface area contributed by atoms with E-state index in [1.807, 2.05) is 24.9 Å². The molecule has 3 N–H and O–H groups in total. The van der Waals surface area contributed by atoms with Crippen LogP contribution in [0.5, 0.6) is 6.01 Å². The number of nitrogen functional groups attached to an aromatic ring is 1. The van der Waals surface area contributed by atoms with Crippen molar-refractivity contribution < 1.29 is 36.2 Å². The van der Waals surface area contributed by atoms with Crippen molar-refractivity contribution >= 4 is 49.1 Å². The van der Waals surface area contributed by atoms with E-state index in [1.54, 1.807) is 12.0 Å². The van der Waals surface area contributed by atoms with E-state index in [0.29, 0.717) is 37.3 Å². The number of benzene rings is 2. The van der Waals surface area contributed by atoms with E-state index >= 15 is 4.39 Å². The van der Waals surface area contributed by atoms with E-state index in [9.17, 15) is 27.6 Å². The predicted molar refractivity (Wildman–Crippen MR) is 180 cm³/mol. The van der Waals surface area contributed by atoms with Gasteiger partial charge in [-0.1, -0.05) is 12.6 Å². The van der Waals surface area contributed by atoms with Crippen LogP contribution in [0.15, 0.2) is 30.9 Å². The number of carbonyl (C=O) groups is 1. The van der Waals surface area contributed by atoms with Crippen LogP contribution in [0.2, 0.25) is 0 Å². The summed E-state index contributed by atoms with van der Waals surface area (Å²) >= 11 is 0.687. The van der Waals surface area contributed by atoms with E-state index in [2.05, 4.69) is 21.9 Å². The normalized spacial score (nSPS) is 21.2. The molecule has 4 heterocycles. The third kappa shape index (κ3) is 6.29. The average molecular weight is 716 g/mol. The number of likely N-dealkylation sites (tertiary alicyclic amines) is 2. The van der Waals surface area contributed by atoms with Gasteiger partial charge in [0.05, 0.1) is 21.9 Å². The molecule has 4 aromatic rings. The Balaban J connectivity index is 1.50. The number of thiophene rings is 1. The van der Waals surface area contributed by atoms with Gasteiger partial charge in [0, 0.05) is 55.2 Å². The fourth-order valence-corrected chi connectivity index (χ4v) is 7.85. The lowest BCUT2D eigenvalue weighted by Crippen LogP contribution is -2.36. The lowest BCUT2D eigenvalue weighted by Gasteiger charge is -2.24. The first kappa shape index (κ1) is 35.2. The van der Waals surface area contributed by atoms with Gasteiger partial charge in [0.25, 0.3) is 0 Å². The smallest absolute Gasteiger partial charge is 0.417 e. The second-order valence-corrected chi connectivity index (χ2v) is 13.6. The lowest BCUT2D eigenvalue weighted by atomic mass is 9.92. The minimum absolute atomic E-state index is 0.0259. The molecule has 0 unspecified atom stereocenters. The maximum Gasteiger partial charge on any atom is 0.417 e. The number of nitrogens with one attached hydrogen (secondary N) is 1. The molecular formula is C34H34F5N7O3S. The van der Waals surface area contributed by atoms with Gasteiger partial charge >= 0.3 is 12.2 Å². The number of ether oxygens (including phenoxy) is 2. The summed E-state index contributed by atoms with van der Waals surface area (Å²) in [6.07, 6.45) is -2.65. The molecule has 2 aliphatic rings. The predicted octanol–water partition coefficient (Wildman–Crippen LogP) is 6.20. The van der Waals surface area contributed by atoms with E-state index in [1.165, 1.54) is 6.08 Å². The molecule has 1 amide bonds. The molecule has 6 rings (SSSR count). The molecule has 264 valence electrons. The number of anilines is 2. The Labute approximate surface area is 288 Å². The summed E-state index contributed by atoms with van der Waals surface area (Å²) in [4.78, 5) is 24.7. The van der Waals surface area contributed by atoms with Crippen molar-refractivity contribution in [2.24, 2.45) is 5.92 Å². The average Bonchev–Trinajstić information content (AvgIpc) is 3.75. The largest absolute Gasteiger partial charge is 0.462 e. The van der Waals surface area contributed by atoms with Gasteiger partial charge < -0.3 is 25.4 Å². The number of methoxy groups -OCH3 is 1. The molecule has 0 saturated carbocycles. The molecule has 16 heteroatoms. The van der Waals surface area contributed by atoms with Gasteiger partial charge in [-0.25, -0.2) is 8.78 Å². The summed E-state index contributed by atoms with van der Waals surface area (Å²) in [5, 5.41) is 12.3. The third-order valence-corrected chi connectivity index (χ3v) is 10.7. The molecule has 2 saturated heterocycles. The summed E-state index contributed by atoms with van der Waals surface area (Å²) in [6, 6.07) is 3.89. The van der Waals surface area contributed by atoms with Crippen molar-refractivity contribution in [3.8, 4) is 23.2 Å². The van der Waals surface area contributed by atoms with Gasteiger partial charge in [0.1, 0.15) is 34.8 Å². The summed E-state index contributed by atoms with van der Waals surface area (Å²) in [7, 11) is 3.50. The zero-order valence-corrected chi connectivity index (χ0v) is 28.2. The molecule has 10 nitrogen and oxygen atoms in total. The zero-order chi connectivity index (χ0) is 36.1. The molecule has 0 radical (unpaired) electrons. The number of nitriles is 1. The number of aromatic nitrogens is 2. The van der Waals surface area contributed by atoms with Crippen molar-refractivity contribution in [2.75, 3.05) is 51.4 Å². The highest BCUT2D eigenvalue weighted by Gasteiger charge is 2.39. The van der Waals surface area contributed by atoms with Crippen LogP contribution in [0.4, 0.5) is 32.8 Å². The summed E-state index contributed by atoms with van der Waals surface area (Å²) in [5.41, 5.74) is 2.56. The first-order valence-electron chi connectivity index (χ1n) is 15.8. The first-order chi connectivity index (χ1) is 23.8. The van der Waals surface area contributed by atoms with Crippen LogP contribution < -0.4 is 15.8 Å². The number of amides is 1. The number of likely N-dealkylation sites (N-methyl/N-ethyl adjacent to an activating group) is 1. The number of hydrogen-bond donors (Lipinski definition) is 2. The topological polar surface area (TPSA) is 130 Å². The monoisotopic (exact) mass is 715 g/mol. The molecular weight excluding hydrogens is 681 g/mol. The molecule has 2 aliphatic heterocycles. The Bertz CT molecular complexity index is 2030. The Morgan fingerprint density at radius 3 is 2.72 bits per heavy atom. The van der Waals surface area contributed by atoms with Crippen LogP contribution in [0.3, 0.4) is 0 Å². The maximum absolute atomic E-state index is 16.9. The second kappa shape index (κ2) is 13.6. The standard InChI is InChI=1S/C34H34F5N7O3S/c1-5-25(47)46-9-8-17(16(46)2)13-42-32-21-11-23(34(37,38)39)27(20-6-7-24(35)30-26(20)22(12-40)31(41)50-30)28(36)29(21)43-33(44-32)49-15-18-10-19(48-4)14-45(18)3/h5-7,11,16-19H,1,8-10,13-15,41H2,2-4H3,(H,42,43,44)/t16-,17-,18-,19-/m1/s1. The number of nitrogens with two attached hydrogens (primary N) is 1. The number of nitrogens with zero attached hydrogens (tertiary/aromatic N) is 5. The number of rotatable bonds is 9. The Hall–Kier alpha value is -4.59. The van der Waals surface area contributed by atoms with Crippen molar-refractivity contribution in [1.82, 2.24) is 19.8 Å². The van der Waals surface area contributed by atoms with E-state index < -0.39 is 34.5 Å². The number of hydrogen-bond acceptors (Lipinski definition) is 10. The highest BCUT2D eigenvalue weighted by Crippen LogP contribution is 2.47. The van der Waals surface area contributed by atoms with Gasteiger partial charge in [0.2, 0.25) is 5.91 Å². The summed E-state index contributed by atoms with van der Waals surface area (Å²) in [6.45, 7) is 6.81. The highest BCUT2D eigenvalue weighted by atomic mass is 32.1. The van der Waals surface area contributed by atoms with Crippen LogP contribution in [0.1, 0.15) is 30.9 Å². The SMILES string of the molecule is C=CC(=O)N1CC[C@H](CNc2nc(OC[C@H]3C[C@@H](OC)CN3C)nc3c(F)c(-c4ccc(F)c5sc(N)c(C#N)c45)c(C(F)(F)F)cc23)[C@H]1C. The van der Waals surface area contributed by atoms with E-state index in [0.717, 1.165) is 18.2 Å². The fourth-order valence-electron chi connectivity index (χ4n) is 6.90. The summed E-state index contributed by atoms with van der Waals surface area (Å²) < 4.78 is 87.6. The number of halogens is 5. The fraction of sp³-hybridized carbons (Fsp3) is 0.412. The molecule has 0 spiro atoms. The van der Waals surface area contributed by atoms with Gasteiger partial charge in [0.15, 0.2) is 5.82 Å². The van der Waals surface area contributed by atoms with Gasteiger partial charge in [-0.15, -0.1) is 11.3 Å². The minimum Gasteiger partial charge on any atom is -0.462 e. The second-order valence-electron chi connectivity index (χ2n) is 12.5. The highest BCUT2D eigenvalue weighted by molar-refractivity contribution is 7.23. The van der Waals surface area contributed by atoms with Crippen molar-refractivity contribution in [3.05, 3.63) is 53.6 Å². The third-order valence-electron chi connectivity index (χ3n) is 9.71. The molecule has 2 aromatic heterocycles. The minimum atomic E-state index is -5.09. The maximum atomic E-state index is 16.9. The van der Waals surface area contributed by atoms with Crippen LogP contribution >= 0.6 is 11.3 Å². The van der Waals surface area contributed by atoms with Crippen LogP contribution in [0, 0.1) is 28.9 Å². The van der Waals surface area contributed by atoms with Crippen molar-refractivity contribution in [1.29, 1.82) is 5.26 Å². The Morgan fingerprint density at radius 2 is 2.06 bits per heavy atom. The van der Waals surface area contributed by atoms with Gasteiger partial charge in [-0.05, 0) is 56.5 Å². The zero-order valence-electron chi connectivity index (χ0n) is 27.4. The van der Waals surface area contributed by atoms with E-state index in [-0.39, 0.29) is 86.6 Å². The van der Waals surface area contributed by atoms with Crippen LogP contribution in [-0.4, -0.2) is 84.3 Å². The van der Waals surface area contributed by atoms with E-state index in [4.69, 9.17) is 15.2 Å². The number of carbonyl (C=O) groups excluding carboxylic acids is 1. The Morgan fingerprint density at radius 1 is 1.30 bits per heavy atom. The van der Waals surface area contributed by atoms with Crippen LogP contribution in [-0.2, 0) is 15.7 Å².